The largest absolute Gasteiger partial charge is 0.322 e. The van der Waals surface area contributed by atoms with Gasteiger partial charge in [-0.05, 0) is 26.0 Å². The Labute approximate surface area is 132 Å². The molecule has 1 aliphatic rings. The van der Waals surface area contributed by atoms with Gasteiger partial charge in [0.15, 0.2) is 0 Å². The highest BCUT2D eigenvalue weighted by atomic mass is 35.5. The number of halogens is 1. The minimum atomic E-state index is -0.392. The molecule has 1 aromatic carbocycles. The van der Waals surface area contributed by atoms with Crippen LogP contribution in [0.25, 0.3) is 11.3 Å². The number of thioether (sulfide) groups is 1. The second-order valence-electron chi connectivity index (χ2n) is 5.02. The average molecular weight is 320 g/mol. The van der Waals surface area contributed by atoms with E-state index in [0.717, 1.165) is 21.8 Å². The number of rotatable bonds is 2. The molecule has 0 bridgehead atoms. The number of fused-ring (bicyclic) bond motifs is 1. The maximum atomic E-state index is 11.7. The van der Waals surface area contributed by atoms with Crippen molar-refractivity contribution >= 4 is 29.1 Å². The molecule has 1 aromatic heterocycles. The van der Waals surface area contributed by atoms with Gasteiger partial charge in [0.05, 0.1) is 17.0 Å². The Morgan fingerprint density at radius 1 is 1.38 bits per heavy atom. The van der Waals surface area contributed by atoms with Crippen molar-refractivity contribution < 1.29 is 4.79 Å². The topological polar surface area (TPSA) is 68.9 Å². The van der Waals surface area contributed by atoms with Gasteiger partial charge in [-0.25, -0.2) is 9.97 Å². The summed E-state index contributed by atoms with van der Waals surface area (Å²) in [6.45, 7) is 3.39. The molecule has 2 N–H and O–H groups in total. The van der Waals surface area contributed by atoms with Crippen LogP contribution >= 0.6 is 23.4 Å². The molecule has 2 aromatic rings. The Morgan fingerprint density at radius 2 is 2.14 bits per heavy atom. The predicted molar refractivity (Wildman–Crippen MR) is 84.5 cm³/mol. The van der Waals surface area contributed by atoms with Crippen molar-refractivity contribution in [3.8, 4) is 11.3 Å². The number of benzene rings is 1. The van der Waals surface area contributed by atoms with E-state index in [1.165, 1.54) is 11.8 Å². The van der Waals surface area contributed by atoms with Crippen molar-refractivity contribution in [1.82, 2.24) is 9.97 Å². The molecule has 2 atom stereocenters. The Morgan fingerprint density at radius 3 is 2.81 bits per heavy atom. The zero-order chi connectivity index (χ0) is 15.1. The molecule has 21 heavy (non-hydrogen) atoms. The lowest BCUT2D eigenvalue weighted by Crippen LogP contribution is -2.25. The summed E-state index contributed by atoms with van der Waals surface area (Å²) in [7, 11) is 0. The van der Waals surface area contributed by atoms with E-state index < -0.39 is 6.04 Å². The molecule has 0 fully saturated rings. The monoisotopic (exact) mass is 319 g/mol. The van der Waals surface area contributed by atoms with Crippen LogP contribution in [0, 0.1) is 6.92 Å². The number of aryl methyl sites for hydroxylation is 1. The number of ketones is 1. The van der Waals surface area contributed by atoms with Gasteiger partial charge in [0.25, 0.3) is 0 Å². The minimum absolute atomic E-state index is 0.0557. The first kappa shape index (κ1) is 14.5. The Bertz CT molecular complexity index is 735. The molecule has 108 valence electrons. The van der Waals surface area contributed by atoms with Crippen molar-refractivity contribution in [3.05, 3.63) is 40.7 Å². The summed E-state index contributed by atoms with van der Waals surface area (Å²) in [5.41, 5.74) is 8.76. The first-order valence-corrected chi connectivity index (χ1v) is 7.80. The van der Waals surface area contributed by atoms with Crippen LogP contribution in [0.15, 0.2) is 29.3 Å². The van der Waals surface area contributed by atoms with Crippen molar-refractivity contribution in [2.75, 3.05) is 0 Å². The van der Waals surface area contributed by atoms with Gasteiger partial charge in [0.2, 0.25) is 0 Å². The first-order valence-electron chi connectivity index (χ1n) is 6.54. The molecule has 0 radical (unpaired) electrons. The molecule has 1 aliphatic heterocycles. The Kier molecular flexibility index (Phi) is 3.73. The number of hydrogen-bond donors (Lipinski definition) is 1. The highest BCUT2D eigenvalue weighted by Crippen LogP contribution is 2.45. The summed E-state index contributed by atoms with van der Waals surface area (Å²) < 4.78 is 0. The maximum absolute atomic E-state index is 11.7. The minimum Gasteiger partial charge on any atom is -0.322 e. The third-order valence-electron chi connectivity index (χ3n) is 3.42. The SMILES string of the molecule is CC(=O)C1Sc2nc(C)nc(-c3cccc(Cl)c3)c2C1N. The van der Waals surface area contributed by atoms with Gasteiger partial charge in [0, 0.05) is 16.1 Å². The normalized spacial score (nSPS) is 20.4. The molecule has 2 heterocycles. The molecule has 6 heteroatoms. The molecule has 0 amide bonds. The summed E-state index contributed by atoms with van der Waals surface area (Å²) in [6, 6.07) is 7.08. The van der Waals surface area contributed by atoms with E-state index in [-0.39, 0.29) is 11.0 Å². The van der Waals surface area contributed by atoms with E-state index in [1.54, 1.807) is 6.92 Å². The fourth-order valence-corrected chi connectivity index (χ4v) is 3.91. The smallest absolute Gasteiger partial charge is 0.145 e. The molecule has 4 nitrogen and oxygen atoms in total. The summed E-state index contributed by atoms with van der Waals surface area (Å²) >= 11 is 7.49. The van der Waals surface area contributed by atoms with Crippen LogP contribution in [0.5, 0.6) is 0 Å². The second kappa shape index (κ2) is 5.40. The van der Waals surface area contributed by atoms with E-state index in [1.807, 2.05) is 31.2 Å². The Balaban J connectivity index is 2.19. The lowest BCUT2D eigenvalue weighted by Gasteiger charge is -2.14. The molecule has 0 saturated carbocycles. The molecular weight excluding hydrogens is 306 g/mol. The van der Waals surface area contributed by atoms with Crippen LogP contribution in [0.4, 0.5) is 0 Å². The predicted octanol–water partition coefficient (Wildman–Crippen LogP) is 3.17. The fraction of sp³-hybridized carbons (Fsp3) is 0.267. The lowest BCUT2D eigenvalue weighted by molar-refractivity contribution is -0.116. The van der Waals surface area contributed by atoms with E-state index in [9.17, 15) is 4.79 Å². The maximum Gasteiger partial charge on any atom is 0.145 e. The number of nitrogens with two attached hydrogens (primary N) is 1. The summed E-state index contributed by atoms with van der Waals surface area (Å²) in [4.78, 5) is 20.7. The Hall–Kier alpha value is -1.43. The number of aromatic nitrogens is 2. The third-order valence-corrected chi connectivity index (χ3v) is 5.07. The fourth-order valence-electron chi connectivity index (χ4n) is 2.48. The molecular formula is C15H14ClN3OS. The van der Waals surface area contributed by atoms with Crippen LogP contribution in [-0.2, 0) is 4.79 Å². The van der Waals surface area contributed by atoms with Crippen LogP contribution in [0.2, 0.25) is 5.02 Å². The van der Waals surface area contributed by atoms with Gasteiger partial charge in [-0.2, -0.15) is 0 Å². The zero-order valence-corrected chi connectivity index (χ0v) is 13.2. The van der Waals surface area contributed by atoms with Gasteiger partial charge in [-0.3, -0.25) is 4.79 Å². The highest BCUT2D eigenvalue weighted by molar-refractivity contribution is 8.01. The van der Waals surface area contributed by atoms with E-state index in [0.29, 0.717) is 10.8 Å². The van der Waals surface area contributed by atoms with E-state index >= 15 is 0 Å². The molecule has 3 rings (SSSR count). The summed E-state index contributed by atoms with van der Waals surface area (Å²) in [5.74, 6) is 0.716. The standard InChI is InChI=1S/C15H14ClN3OS/c1-7(20)14-12(17)11-13(9-4-3-5-10(16)6-9)18-8(2)19-15(11)21-14/h3-6,12,14H,17H2,1-2H3. The van der Waals surface area contributed by atoms with Gasteiger partial charge in [-0.1, -0.05) is 35.5 Å². The van der Waals surface area contributed by atoms with Gasteiger partial charge in [0.1, 0.15) is 16.6 Å². The molecule has 2 unspecified atom stereocenters. The quantitative estimate of drug-likeness (QED) is 0.861. The van der Waals surface area contributed by atoms with Crippen LogP contribution in [0.1, 0.15) is 24.4 Å². The zero-order valence-electron chi connectivity index (χ0n) is 11.6. The van der Waals surface area contributed by atoms with Crippen molar-refractivity contribution in [2.45, 2.75) is 30.2 Å². The number of Topliss-reactive ketones (excluding diaryl/α,β-unsaturated/α-hetero) is 1. The third kappa shape index (κ3) is 2.57. The van der Waals surface area contributed by atoms with Gasteiger partial charge < -0.3 is 5.73 Å². The summed E-state index contributed by atoms with van der Waals surface area (Å²) in [5, 5.41) is 1.14. The van der Waals surface area contributed by atoms with Crippen LogP contribution < -0.4 is 5.73 Å². The van der Waals surface area contributed by atoms with Gasteiger partial charge >= 0.3 is 0 Å². The van der Waals surface area contributed by atoms with E-state index in [2.05, 4.69) is 9.97 Å². The number of nitrogens with zero attached hydrogens (tertiary/aromatic N) is 2. The highest BCUT2D eigenvalue weighted by Gasteiger charge is 2.37. The molecule has 0 aliphatic carbocycles. The lowest BCUT2D eigenvalue weighted by atomic mass is 9.98. The number of hydrogen-bond acceptors (Lipinski definition) is 5. The number of carbonyl (C=O) groups excluding carboxylic acids is 1. The second-order valence-corrected chi connectivity index (χ2v) is 6.59. The molecule has 0 spiro atoms. The summed E-state index contributed by atoms with van der Waals surface area (Å²) in [6.07, 6.45) is 0. The van der Waals surface area contributed by atoms with Crippen molar-refractivity contribution in [3.63, 3.8) is 0 Å². The average Bonchev–Trinajstić information content (AvgIpc) is 2.75. The van der Waals surface area contributed by atoms with Gasteiger partial charge in [-0.15, -0.1) is 0 Å². The number of carbonyl (C=O) groups is 1. The van der Waals surface area contributed by atoms with Crippen molar-refractivity contribution in [2.24, 2.45) is 5.73 Å². The van der Waals surface area contributed by atoms with E-state index in [4.69, 9.17) is 17.3 Å². The van der Waals surface area contributed by atoms with Crippen molar-refractivity contribution in [1.29, 1.82) is 0 Å². The van der Waals surface area contributed by atoms with Crippen LogP contribution in [-0.4, -0.2) is 21.0 Å². The molecule has 0 saturated heterocycles. The first-order chi connectivity index (χ1) is 9.97. The van der Waals surface area contributed by atoms with Crippen LogP contribution in [0.3, 0.4) is 0 Å².